The van der Waals surface area contributed by atoms with Gasteiger partial charge in [0.25, 0.3) is 0 Å². The number of rotatable bonds is 7. The highest BCUT2D eigenvalue weighted by Crippen LogP contribution is 2.22. The normalized spacial score (nSPS) is 12.1. The number of hydrogen-bond donors (Lipinski definition) is 2. The molecule has 1 heterocycles. The third kappa shape index (κ3) is 4.59. The number of aromatic nitrogens is 2. The van der Waals surface area contributed by atoms with E-state index < -0.39 is 0 Å². The molecule has 0 fully saturated rings. The number of amides is 1. The zero-order valence-corrected chi connectivity index (χ0v) is 12.6. The van der Waals surface area contributed by atoms with Crippen LogP contribution < -0.4 is 11.1 Å². The number of carbonyl (C=O) groups excluding carboxylic acids is 1. The Balaban J connectivity index is 1.87. The smallest absolute Gasteiger partial charge is 0.223 e. The summed E-state index contributed by atoms with van der Waals surface area (Å²) in [6.45, 7) is 0.686. The maximum absolute atomic E-state index is 11.7. The van der Waals surface area contributed by atoms with Crippen LogP contribution in [0, 0.1) is 0 Å². The third-order valence-electron chi connectivity index (χ3n) is 2.93. The monoisotopic (exact) mass is 306 g/mol. The second kappa shape index (κ2) is 7.82. The Morgan fingerprint density at radius 3 is 2.81 bits per heavy atom. The minimum absolute atomic E-state index is 0.108. The first-order chi connectivity index (χ1) is 10.2. The standard InChI is InChI=1S/C14H18N4O2S/c1-20-11(8-15)7-12(19)16-9-13-17-18-14(21-13)10-5-3-2-4-6-10/h2-6,11H,7-9,15H2,1H3,(H,16,19). The van der Waals surface area contributed by atoms with E-state index in [4.69, 9.17) is 10.5 Å². The van der Waals surface area contributed by atoms with E-state index in [9.17, 15) is 4.79 Å². The lowest BCUT2D eigenvalue weighted by molar-refractivity contribution is -0.123. The zero-order valence-electron chi connectivity index (χ0n) is 11.8. The van der Waals surface area contributed by atoms with Crippen LogP contribution in [-0.2, 0) is 16.1 Å². The van der Waals surface area contributed by atoms with Crippen LogP contribution in [-0.4, -0.2) is 35.9 Å². The van der Waals surface area contributed by atoms with Gasteiger partial charge in [-0.2, -0.15) is 0 Å². The summed E-state index contributed by atoms with van der Waals surface area (Å²) in [7, 11) is 1.54. The molecule has 112 valence electrons. The zero-order chi connectivity index (χ0) is 15.1. The van der Waals surface area contributed by atoms with Gasteiger partial charge in [0.05, 0.1) is 19.1 Å². The van der Waals surface area contributed by atoms with Crippen molar-refractivity contribution < 1.29 is 9.53 Å². The molecule has 0 bridgehead atoms. The van der Waals surface area contributed by atoms with Crippen molar-refractivity contribution in [2.45, 2.75) is 19.1 Å². The molecule has 1 atom stereocenters. The van der Waals surface area contributed by atoms with Crippen LogP contribution >= 0.6 is 11.3 Å². The molecule has 0 aliphatic carbocycles. The summed E-state index contributed by atoms with van der Waals surface area (Å²) in [5.41, 5.74) is 6.50. The molecule has 0 spiro atoms. The summed E-state index contributed by atoms with van der Waals surface area (Å²) in [4.78, 5) is 11.7. The molecule has 0 saturated heterocycles. The van der Waals surface area contributed by atoms with Crippen molar-refractivity contribution >= 4 is 17.2 Å². The molecule has 7 heteroatoms. The minimum Gasteiger partial charge on any atom is -0.380 e. The topological polar surface area (TPSA) is 90.1 Å². The second-order valence-electron chi connectivity index (χ2n) is 4.44. The summed E-state index contributed by atoms with van der Waals surface area (Å²) >= 11 is 1.47. The van der Waals surface area contributed by atoms with Crippen molar-refractivity contribution in [3.63, 3.8) is 0 Å². The van der Waals surface area contributed by atoms with Crippen molar-refractivity contribution in [1.29, 1.82) is 0 Å². The fraction of sp³-hybridized carbons (Fsp3) is 0.357. The fourth-order valence-corrected chi connectivity index (χ4v) is 2.52. The Labute approximate surface area is 127 Å². The number of benzene rings is 1. The Kier molecular flexibility index (Phi) is 5.79. The second-order valence-corrected chi connectivity index (χ2v) is 5.50. The molecule has 0 aliphatic rings. The fourth-order valence-electron chi connectivity index (χ4n) is 1.74. The average Bonchev–Trinajstić information content (AvgIpc) is 3.00. The number of carbonyl (C=O) groups is 1. The summed E-state index contributed by atoms with van der Waals surface area (Å²) in [6, 6.07) is 9.82. The molecule has 1 aromatic carbocycles. The third-order valence-corrected chi connectivity index (χ3v) is 3.91. The number of nitrogens with one attached hydrogen (secondary N) is 1. The highest BCUT2D eigenvalue weighted by atomic mass is 32.1. The lowest BCUT2D eigenvalue weighted by Crippen LogP contribution is -2.31. The van der Waals surface area contributed by atoms with Crippen LogP contribution in [0.1, 0.15) is 11.4 Å². The number of ether oxygens (including phenoxy) is 1. The van der Waals surface area contributed by atoms with E-state index in [1.165, 1.54) is 11.3 Å². The van der Waals surface area contributed by atoms with Crippen LogP contribution in [0.4, 0.5) is 0 Å². The molecular weight excluding hydrogens is 288 g/mol. The van der Waals surface area contributed by atoms with Crippen molar-refractivity contribution in [2.75, 3.05) is 13.7 Å². The van der Waals surface area contributed by atoms with Gasteiger partial charge >= 0.3 is 0 Å². The van der Waals surface area contributed by atoms with E-state index >= 15 is 0 Å². The van der Waals surface area contributed by atoms with Gasteiger partial charge in [0.15, 0.2) is 0 Å². The number of hydrogen-bond acceptors (Lipinski definition) is 6. The maximum atomic E-state index is 11.7. The first-order valence-corrected chi connectivity index (χ1v) is 7.42. The quantitative estimate of drug-likeness (QED) is 0.802. The molecule has 3 N–H and O–H groups in total. The molecule has 2 rings (SSSR count). The van der Waals surface area contributed by atoms with Gasteiger partial charge in [-0.3, -0.25) is 4.79 Å². The van der Waals surface area contributed by atoms with Crippen molar-refractivity contribution in [2.24, 2.45) is 5.73 Å². The predicted octanol–water partition coefficient (Wildman–Crippen LogP) is 1.19. The molecule has 0 aliphatic heterocycles. The molecule has 6 nitrogen and oxygen atoms in total. The van der Waals surface area contributed by atoms with Crippen molar-refractivity contribution in [3.05, 3.63) is 35.3 Å². The van der Waals surface area contributed by atoms with Gasteiger partial charge in [0.2, 0.25) is 5.91 Å². The van der Waals surface area contributed by atoms with Crippen LogP contribution in [0.5, 0.6) is 0 Å². The van der Waals surface area contributed by atoms with Crippen LogP contribution in [0.2, 0.25) is 0 Å². The minimum atomic E-state index is -0.251. The number of methoxy groups -OCH3 is 1. The van der Waals surface area contributed by atoms with Crippen LogP contribution in [0.15, 0.2) is 30.3 Å². The van der Waals surface area contributed by atoms with Gasteiger partial charge in [0, 0.05) is 19.2 Å². The molecule has 1 aromatic heterocycles. The molecule has 21 heavy (non-hydrogen) atoms. The van der Waals surface area contributed by atoms with Crippen LogP contribution in [0.25, 0.3) is 10.6 Å². The number of nitrogens with two attached hydrogens (primary N) is 1. The van der Waals surface area contributed by atoms with Gasteiger partial charge in [-0.05, 0) is 0 Å². The summed E-state index contributed by atoms with van der Waals surface area (Å²) in [6.07, 6.45) is -0.00328. The Morgan fingerprint density at radius 1 is 1.38 bits per heavy atom. The SMILES string of the molecule is COC(CN)CC(=O)NCc1nnc(-c2ccccc2)s1. The molecule has 2 aromatic rings. The largest absolute Gasteiger partial charge is 0.380 e. The molecular formula is C14H18N4O2S. The van der Waals surface area contributed by atoms with Crippen LogP contribution in [0.3, 0.4) is 0 Å². The predicted molar refractivity (Wildman–Crippen MR) is 81.7 cm³/mol. The highest BCUT2D eigenvalue weighted by Gasteiger charge is 2.12. The molecule has 1 amide bonds. The van der Waals surface area contributed by atoms with Gasteiger partial charge in [-0.25, -0.2) is 0 Å². The Morgan fingerprint density at radius 2 is 2.14 bits per heavy atom. The van der Waals surface area contributed by atoms with Gasteiger partial charge in [0.1, 0.15) is 10.0 Å². The van der Waals surface area contributed by atoms with E-state index in [1.54, 1.807) is 7.11 Å². The van der Waals surface area contributed by atoms with Gasteiger partial charge < -0.3 is 15.8 Å². The van der Waals surface area contributed by atoms with E-state index in [1.807, 2.05) is 30.3 Å². The van der Waals surface area contributed by atoms with E-state index in [0.717, 1.165) is 15.6 Å². The maximum Gasteiger partial charge on any atom is 0.223 e. The summed E-state index contributed by atoms with van der Waals surface area (Å²) < 4.78 is 5.07. The van der Waals surface area contributed by atoms with Gasteiger partial charge in [-0.1, -0.05) is 41.7 Å². The van der Waals surface area contributed by atoms with Crippen molar-refractivity contribution in [3.8, 4) is 10.6 Å². The lowest BCUT2D eigenvalue weighted by Gasteiger charge is -2.11. The summed E-state index contributed by atoms with van der Waals surface area (Å²) in [5, 5.41) is 12.6. The van der Waals surface area contributed by atoms with Gasteiger partial charge in [-0.15, -0.1) is 10.2 Å². The molecule has 0 radical (unpaired) electrons. The first kappa shape index (κ1) is 15.6. The molecule has 1 unspecified atom stereocenters. The number of nitrogens with zero attached hydrogens (tertiary/aromatic N) is 2. The van der Waals surface area contributed by atoms with E-state index in [2.05, 4.69) is 15.5 Å². The molecule has 0 saturated carbocycles. The summed E-state index contributed by atoms with van der Waals surface area (Å²) in [5.74, 6) is -0.108. The van der Waals surface area contributed by atoms with Crippen molar-refractivity contribution in [1.82, 2.24) is 15.5 Å². The van der Waals surface area contributed by atoms with E-state index in [-0.39, 0.29) is 18.4 Å². The Bertz CT molecular complexity index is 569. The first-order valence-electron chi connectivity index (χ1n) is 6.60. The van der Waals surface area contributed by atoms with E-state index in [0.29, 0.717) is 13.1 Å². The average molecular weight is 306 g/mol. The highest BCUT2D eigenvalue weighted by molar-refractivity contribution is 7.14. The lowest BCUT2D eigenvalue weighted by atomic mass is 10.2. The Hall–Kier alpha value is -1.83.